The van der Waals surface area contributed by atoms with Gasteiger partial charge in [0.15, 0.2) is 0 Å². The molecule has 2 rings (SSSR count). The lowest BCUT2D eigenvalue weighted by molar-refractivity contribution is -0.113. The Kier molecular flexibility index (Phi) is 5.45. The number of rotatable bonds is 6. The van der Waals surface area contributed by atoms with Crippen LogP contribution >= 0.6 is 23.1 Å². The van der Waals surface area contributed by atoms with Crippen molar-refractivity contribution in [3.8, 4) is 0 Å². The molecule has 7 heteroatoms. The highest BCUT2D eigenvalue weighted by Gasteiger charge is 2.24. The second-order valence-electron chi connectivity index (χ2n) is 4.67. The lowest BCUT2D eigenvalue weighted by atomic mass is 9.95. The Hall–Kier alpha value is -1.05. The number of hydrogen-bond acceptors (Lipinski definition) is 5. The standard InChI is InChI=1S/C13H19N3O2S2/c14-5-6-19-7-10(17)16-13-11(12(15)18)8-3-1-2-4-9(8)20-13/h1-7,14H2,(H2,15,18)(H,16,17). The molecule has 110 valence electrons. The molecule has 0 unspecified atom stereocenters. The molecule has 0 radical (unpaired) electrons. The van der Waals surface area contributed by atoms with Gasteiger partial charge in [-0.15, -0.1) is 11.3 Å². The van der Waals surface area contributed by atoms with Crippen molar-refractivity contribution in [3.63, 3.8) is 0 Å². The van der Waals surface area contributed by atoms with E-state index in [9.17, 15) is 9.59 Å². The Labute approximate surface area is 126 Å². The number of hydrogen-bond donors (Lipinski definition) is 3. The van der Waals surface area contributed by atoms with Crippen LogP contribution in [0.1, 0.15) is 33.6 Å². The Balaban J connectivity index is 2.12. The molecule has 1 aliphatic carbocycles. The molecule has 1 aliphatic rings. The average molecular weight is 313 g/mol. The van der Waals surface area contributed by atoms with E-state index in [0.717, 1.165) is 37.0 Å². The molecular formula is C13H19N3O2S2. The third-order valence-corrected chi connectivity index (χ3v) is 5.36. The minimum absolute atomic E-state index is 0.107. The molecule has 0 saturated carbocycles. The maximum atomic E-state index is 11.9. The van der Waals surface area contributed by atoms with Gasteiger partial charge in [0.1, 0.15) is 5.00 Å². The lowest BCUT2D eigenvalue weighted by Gasteiger charge is -2.11. The van der Waals surface area contributed by atoms with Crippen LogP contribution in [0.15, 0.2) is 0 Å². The van der Waals surface area contributed by atoms with Gasteiger partial charge < -0.3 is 16.8 Å². The van der Waals surface area contributed by atoms with Gasteiger partial charge in [-0.2, -0.15) is 11.8 Å². The first-order valence-electron chi connectivity index (χ1n) is 6.65. The normalized spacial score (nSPS) is 13.8. The zero-order valence-corrected chi connectivity index (χ0v) is 12.9. The molecule has 0 spiro atoms. The van der Waals surface area contributed by atoms with Crippen molar-refractivity contribution < 1.29 is 9.59 Å². The van der Waals surface area contributed by atoms with Crippen LogP contribution in [-0.2, 0) is 17.6 Å². The zero-order chi connectivity index (χ0) is 14.5. The largest absolute Gasteiger partial charge is 0.365 e. The lowest BCUT2D eigenvalue weighted by Crippen LogP contribution is -2.19. The van der Waals surface area contributed by atoms with Crippen LogP contribution in [0.4, 0.5) is 5.00 Å². The first-order chi connectivity index (χ1) is 9.63. The summed E-state index contributed by atoms with van der Waals surface area (Å²) in [5, 5.41) is 3.44. The molecule has 0 aliphatic heterocycles. The van der Waals surface area contributed by atoms with Gasteiger partial charge in [-0.05, 0) is 31.2 Å². The van der Waals surface area contributed by atoms with E-state index >= 15 is 0 Å². The van der Waals surface area contributed by atoms with E-state index < -0.39 is 5.91 Å². The monoisotopic (exact) mass is 313 g/mol. The molecule has 2 amide bonds. The van der Waals surface area contributed by atoms with E-state index in [0.29, 0.717) is 22.9 Å². The minimum Gasteiger partial charge on any atom is -0.365 e. The predicted octanol–water partition coefficient (Wildman–Crippen LogP) is 1.36. The van der Waals surface area contributed by atoms with Gasteiger partial charge in [0.25, 0.3) is 5.91 Å². The number of fused-ring (bicyclic) bond motifs is 1. The van der Waals surface area contributed by atoms with E-state index in [2.05, 4.69) is 5.32 Å². The van der Waals surface area contributed by atoms with Crippen LogP contribution in [0.5, 0.6) is 0 Å². The van der Waals surface area contributed by atoms with Gasteiger partial charge in [-0.25, -0.2) is 0 Å². The van der Waals surface area contributed by atoms with E-state index in [1.54, 1.807) is 0 Å². The van der Waals surface area contributed by atoms with Crippen LogP contribution in [-0.4, -0.2) is 29.9 Å². The number of thiophene rings is 1. The van der Waals surface area contributed by atoms with Crippen LogP contribution < -0.4 is 16.8 Å². The highest BCUT2D eigenvalue weighted by molar-refractivity contribution is 7.99. The van der Waals surface area contributed by atoms with Crippen LogP contribution in [0.3, 0.4) is 0 Å². The van der Waals surface area contributed by atoms with Crippen molar-refractivity contribution >= 4 is 39.9 Å². The number of amides is 2. The van der Waals surface area contributed by atoms with Crippen LogP contribution in [0.25, 0.3) is 0 Å². The van der Waals surface area contributed by atoms with Crippen molar-refractivity contribution in [3.05, 3.63) is 16.0 Å². The minimum atomic E-state index is -0.450. The Bertz CT molecular complexity index is 514. The van der Waals surface area contributed by atoms with Gasteiger partial charge in [-0.3, -0.25) is 9.59 Å². The molecule has 1 heterocycles. The maximum Gasteiger partial charge on any atom is 0.251 e. The van der Waals surface area contributed by atoms with Gasteiger partial charge in [0, 0.05) is 17.2 Å². The molecule has 5 N–H and O–H groups in total. The second-order valence-corrected chi connectivity index (χ2v) is 6.88. The smallest absolute Gasteiger partial charge is 0.251 e. The summed E-state index contributed by atoms with van der Waals surface area (Å²) in [6, 6.07) is 0. The summed E-state index contributed by atoms with van der Waals surface area (Å²) in [4.78, 5) is 24.7. The van der Waals surface area contributed by atoms with E-state index in [1.807, 2.05) is 0 Å². The number of carbonyl (C=O) groups is 2. The summed E-state index contributed by atoms with van der Waals surface area (Å²) in [5.41, 5.74) is 12.4. The van der Waals surface area contributed by atoms with E-state index in [-0.39, 0.29) is 5.91 Å². The van der Waals surface area contributed by atoms with Crippen molar-refractivity contribution in [1.29, 1.82) is 0 Å². The molecular weight excluding hydrogens is 294 g/mol. The van der Waals surface area contributed by atoms with Gasteiger partial charge in [-0.1, -0.05) is 0 Å². The Morgan fingerprint density at radius 1 is 1.30 bits per heavy atom. The predicted molar refractivity (Wildman–Crippen MR) is 84.5 cm³/mol. The molecule has 20 heavy (non-hydrogen) atoms. The molecule has 0 aromatic carbocycles. The number of nitrogens with one attached hydrogen (secondary N) is 1. The molecule has 0 fully saturated rings. The second kappa shape index (κ2) is 7.10. The van der Waals surface area contributed by atoms with Crippen molar-refractivity contribution in [2.75, 3.05) is 23.4 Å². The summed E-state index contributed by atoms with van der Waals surface area (Å²) in [6.45, 7) is 0.553. The van der Waals surface area contributed by atoms with Gasteiger partial charge in [0.2, 0.25) is 5.91 Å². The third-order valence-electron chi connectivity index (χ3n) is 3.17. The SMILES string of the molecule is NCCSCC(=O)Nc1sc2c(c1C(N)=O)CCCC2. The zero-order valence-electron chi connectivity index (χ0n) is 11.2. The van der Waals surface area contributed by atoms with Crippen LogP contribution in [0.2, 0.25) is 0 Å². The fourth-order valence-electron chi connectivity index (χ4n) is 2.33. The summed E-state index contributed by atoms with van der Waals surface area (Å²) in [5.74, 6) is 0.536. The molecule has 5 nitrogen and oxygen atoms in total. The van der Waals surface area contributed by atoms with Gasteiger partial charge >= 0.3 is 0 Å². The number of aryl methyl sites for hydroxylation is 1. The first-order valence-corrected chi connectivity index (χ1v) is 8.62. The van der Waals surface area contributed by atoms with E-state index in [1.165, 1.54) is 28.0 Å². The first kappa shape index (κ1) is 15.3. The number of anilines is 1. The number of carbonyl (C=O) groups excluding carboxylic acids is 2. The topological polar surface area (TPSA) is 98.2 Å². The average Bonchev–Trinajstić information content (AvgIpc) is 2.76. The summed E-state index contributed by atoms with van der Waals surface area (Å²) in [7, 11) is 0. The quantitative estimate of drug-likeness (QED) is 0.691. The number of thioether (sulfide) groups is 1. The van der Waals surface area contributed by atoms with Crippen molar-refractivity contribution in [1.82, 2.24) is 0 Å². The third kappa shape index (κ3) is 3.53. The Morgan fingerprint density at radius 3 is 2.75 bits per heavy atom. The highest BCUT2D eigenvalue weighted by Crippen LogP contribution is 2.37. The highest BCUT2D eigenvalue weighted by atomic mass is 32.2. The number of nitrogens with two attached hydrogens (primary N) is 2. The molecule has 1 aromatic heterocycles. The van der Waals surface area contributed by atoms with Crippen molar-refractivity contribution in [2.24, 2.45) is 11.5 Å². The molecule has 0 bridgehead atoms. The molecule has 0 saturated heterocycles. The van der Waals surface area contributed by atoms with E-state index in [4.69, 9.17) is 11.5 Å². The Morgan fingerprint density at radius 2 is 2.05 bits per heavy atom. The summed E-state index contributed by atoms with van der Waals surface area (Å²) >= 11 is 2.97. The summed E-state index contributed by atoms with van der Waals surface area (Å²) in [6.07, 6.45) is 4.05. The summed E-state index contributed by atoms with van der Waals surface area (Å²) < 4.78 is 0. The van der Waals surface area contributed by atoms with Crippen molar-refractivity contribution in [2.45, 2.75) is 25.7 Å². The maximum absolute atomic E-state index is 11.9. The fraction of sp³-hybridized carbons (Fsp3) is 0.538. The van der Waals surface area contributed by atoms with Gasteiger partial charge in [0.05, 0.1) is 11.3 Å². The van der Waals surface area contributed by atoms with Crippen LogP contribution in [0, 0.1) is 0 Å². The number of primary amides is 1. The molecule has 1 aromatic rings. The molecule has 0 atom stereocenters. The fourth-order valence-corrected chi connectivity index (χ4v) is 4.20.